The topological polar surface area (TPSA) is 46.2 Å². The van der Waals surface area contributed by atoms with Gasteiger partial charge in [-0.15, -0.1) is 0 Å². The Hall–Kier alpha value is -1.20. The zero-order valence-corrected chi connectivity index (χ0v) is 19.5. The minimum Gasteiger partial charge on any atom is -0.492 e. The van der Waals surface area contributed by atoms with E-state index in [1.54, 1.807) is 12.5 Å². The Morgan fingerprint density at radius 1 is 0.552 bits per heavy atom. The first-order valence-corrected chi connectivity index (χ1v) is 11.7. The van der Waals surface area contributed by atoms with Crippen molar-refractivity contribution < 1.29 is 23.7 Å². The van der Waals surface area contributed by atoms with Crippen molar-refractivity contribution in [3.63, 3.8) is 0 Å². The SMILES string of the molecule is CCCCCCC(=COC=C(CCCCCC)OCCOCC)OCCOCC. The molecule has 0 aromatic carbocycles. The molecule has 0 aromatic heterocycles. The second kappa shape index (κ2) is 23.1. The summed E-state index contributed by atoms with van der Waals surface area (Å²) in [4.78, 5) is 0. The number of unbranched alkanes of at least 4 members (excludes halogenated alkanes) is 6. The largest absolute Gasteiger partial charge is 0.492 e. The molecule has 0 aliphatic heterocycles. The molecular weight excluding hydrogens is 368 g/mol. The fourth-order valence-electron chi connectivity index (χ4n) is 2.72. The maximum Gasteiger partial charge on any atom is 0.131 e. The molecule has 0 rings (SSSR count). The number of rotatable bonds is 22. The number of allylic oxidation sites excluding steroid dienone is 2. The Labute approximate surface area is 179 Å². The molecule has 0 radical (unpaired) electrons. The minimum absolute atomic E-state index is 0.551. The highest BCUT2D eigenvalue weighted by Gasteiger charge is 2.03. The van der Waals surface area contributed by atoms with E-state index in [0.29, 0.717) is 39.6 Å². The predicted octanol–water partition coefficient (Wildman–Crippen LogP) is 6.73. The van der Waals surface area contributed by atoms with Crippen molar-refractivity contribution in [3.05, 3.63) is 24.0 Å². The Kier molecular flexibility index (Phi) is 22.1. The maximum atomic E-state index is 5.85. The van der Waals surface area contributed by atoms with E-state index >= 15 is 0 Å². The van der Waals surface area contributed by atoms with Gasteiger partial charge in [-0.05, 0) is 26.7 Å². The monoisotopic (exact) mass is 414 g/mol. The van der Waals surface area contributed by atoms with Gasteiger partial charge in [-0.1, -0.05) is 52.4 Å². The smallest absolute Gasteiger partial charge is 0.131 e. The number of hydrogen-bond acceptors (Lipinski definition) is 5. The van der Waals surface area contributed by atoms with Crippen LogP contribution < -0.4 is 0 Å². The normalized spacial score (nSPS) is 12.3. The Balaban J connectivity index is 4.62. The first kappa shape index (κ1) is 27.8. The van der Waals surface area contributed by atoms with Crippen LogP contribution in [0.1, 0.15) is 91.9 Å². The molecule has 0 saturated heterocycles. The van der Waals surface area contributed by atoms with E-state index in [2.05, 4.69) is 13.8 Å². The lowest BCUT2D eigenvalue weighted by Crippen LogP contribution is -2.05. The van der Waals surface area contributed by atoms with Gasteiger partial charge in [-0.3, -0.25) is 0 Å². The van der Waals surface area contributed by atoms with E-state index in [9.17, 15) is 0 Å². The third-order valence-electron chi connectivity index (χ3n) is 4.39. The van der Waals surface area contributed by atoms with Gasteiger partial charge < -0.3 is 23.7 Å². The third-order valence-corrected chi connectivity index (χ3v) is 4.39. The summed E-state index contributed by atoms with van der Waals surface area (Å²) in [6.07, 6.45) is 14.8. The van der Waals surface area contributed by atoms with E-state index in [4.69, 9.17) is 23.7 Å². The van der Waals surface area contributed by atoms with Gasteiger partial charge in [0, 0.05) is 26.1 Å². The standard InChI is InChI=1S/C24H46O5/c1-5-9-11-13-15-23(28-19-17-25-7-3)21-27-22-24(16-14-12-10-6-2)29-20-18-26-8-4/h21-22H,5-20H2,1-4H3. The highest BCUT2D eigenvalue weighted by molar-refractivity contribution is 4.93. The summed E-state index contributed by atoms with van der Waals surface area (Å²) >= 11 is 0. The predicted molar refractivity (Wildman–Crippen MR) is 120 cm³/mol. The molecule has 0 N–H and O–H groups in total. The molecule has 0 atom stereocenters. The van der Waals surface area contributed by atoms with Crippen LogP contribution in [0.15, 0.2) is 24.0 Å². The van der Waals surface area contributed by atoms with Crippen LogP contribution in [-0.4, -0.2) is 39.6 Å². The molecule has 0 aliphatic carbocycles. The van der Waals surface area contributed by atoms with Gasteiger partial charge >= 0.3 is 0 Å². The molecule has 172 valence electrons. The van der Waals surface area contributed by atoms with Gasteiger partial charge in [0.1, 0.15) is 37.3 Å². The van der Waals surface area contributed by atoms with Crippen LogP contribution >= 0.6 is 0 Å². The van der Waals surface area contributed by atoms with Crippen LogP contribution in [-0.2, 0) is 23.7 Å². The van der Waals surface area contributed by atoms with Crippen molar-refractivity contribution in [2.45, 2.75) is 91.9 Å². The lowest BCUT2D eigenvalue weighted by molar-refractivity contribution is 0.0736. The Morgan fingerprint density at radius 3 is 1.38 bits per heavy atom. The van der Waals surface area contributed by atoms with E-state index in [0.717, 1.165) is 37.2 Å². The average molecular weight is 415 g/mol. The van der Waals surface area contributed by atoms with Crippen molar-refractivity contribution in [1.82, 2.24) is 0 Å². The highest BCUT2D eigenvalue weighted by atomic mass is 16.5. The van der Waals surface area contributed by atoms with E-state index in [1.165, 1.54) is 38.5 Å². The van der Waals surface area contributed by atoms with Gasteiger partial charge in [-0.2, -0.15) is 0 Å². The first-order chi connectivity index (χ1) is 14.3. The van der Waals surface area contributed by atoms with Crippen LogP contribution in [0.5, 0.6) is 0 Å². The second-order valence-corrected chi connectivity index (χ2v) is 7.02. The molecule has 5 nitrogen and oxygen atoms in total. The van der Waals surface area contributed by atoms with Crippen molar-refractivity contribution >= 4 is 0 Å². The molecule has 5 heteroatoms. The van der Waals surface area contributed by atoms with Gasteiger partial charge in [0.15, 0.2) is 0 Å². The highest BCUT2D eigenvalue weighted by Crippen LogP contribution is 2.15. The molecule has 0 aromatic rings. The molecule has 0 bridgehead atoms. The van der Waals surface area contributed by atoms with Gasteiger partial charge in [0.2, 0.25) is 0 Å². The molecule has 0 spiro atoms. The maximum absolute atomic E-state index is 5.85. The molecule has 0 unspecified atom stereocenters. The van der Waals surface area contributed by atoms with Crippen molar-refractivity contribution in [2.75, 3.05) is 39.6 Å². The molecule has 29 heavy (non-hydrogen) atoms. The molecule has 0 heterocycles. The molecule has 0 aliphatic rings. The van der Waals surface area contributed by atoms with Crippen LogP contribution in [0, 0.1) is 0 Å². The van der Waals surface area contributed by atoms with Crippen molar-refractivity contribution in [3.8, 4) is 0 Å². The van der Waals surface area contributed by atoms with E-state index < -0.39 is 0 Å². The second-order valence-electron chi connectivity index (χ2n) is 7.02. The summed E-state index contributed by atoms with van der Waals surface area (Å²) < 4.78 is 28.2. The third kappa shape index (κ3) is 19.9. The zero-order valence-electron chi connectivity index (χ0n) is 19.5. The van der Waals surface area contributed by atoms with Crippen LogP contribution in [0.25, 0.3) is 0 Å². The van der Waals surface area contributed by atoms with Crippen molar-refractivity contribution in [2.24, 2.45) is 0 Å². The summed E-state index contributed by atoms with van der Waals surface area (Å²) in [6, 6.07) is 0. The molecular formula is C24H46O5. The van der Waals surface area contributed by atoms with Gasteiger partial charge in [-0.25, -0.2) is 0 Å². The lowest BCUT2D eigenvalue weighted by Gasteiger charge is -2.12. The summed E-state index contributed by atoms with van der Waals surface area (Å²) in [5.41, 5.74) is 0. The molecule has 0 fully saturated rings. The number of ether oxygens (including phenoxy) is 5. The summed E-state index contributed by atoms with van der Waals surface area (Å²) in [5, 5.41) is 0. The van der Waals surface area contributed by atoms with Gasteiger partial charge in [0.05, 0.1) is 13.2 Å². The van der Waals surface area contributed by atoms with Crippen LogP contribution in [0.2, 0.25) is 0 Å². The van der Waals surface area contributed by atoms with Gasteiger partial charge in [0.25, 0.3) is 0 Å². The van der Waals surface area contributed by atoms with Crippen molar-refractivity contribution in [1.29, 1.82) is 0 Å². The molecule has 0 saturated carbocycles. The van der Waals surface area contributed by atoms with E-state index in [-0.39, 0.29) is 0 Å². The molecule has 0 amide bonds. The number of hydrogen-bond donors (Lipinski definition) is 0. The fraction of sp³-hybridized carbons (Fsp3) is 0.833. The summed E-state index contributed by atoms with van der Waals surface area (Å²) in [6.45, 7) is 12.1. The summed E-state index contributed by atoms with van der Waals surface area (Å²) in [7, 11) is 0. The minimum atomic E-state index is 0.551. The van der Waals surface area contributed by atoms with E-state index in [1.807, 2.05) is 13.8 Å². The van der Waals surface area contributed by atoms with Crippen LogP contribution in [0.3, 0.4) is 0 Å². The Bertz CT molecular complexity index is 329. The lowest BCUT2D eigenvalue weighted by atomic mass is 10.1. The fourth-order valence-corrected chi connectivity index (χ4v) is 2.72. The average Bonchev–Trinajstić information content (AvgIpc) is 2.73. The summed E-state index contributed by atoms with van der Waals surface area (Å²) in [5.74, 6) is 1.74. The Morgan fingerprint density at radius 2 is 1.00 bits per heavy atom. The van der Waals surface area contributed by atoms with Crippen LogP contribution in [0.4, 0.5) is 0 Å². The first-order valence-electron chi connectivity index (χ1n) is 11.7. The zero-order chi connectivity index (χ0) is 21.4. The quantitative estimate of drug-likeness (QED) is 0.145.